The molecule has 1 amide bonds. The number of carbonyl (C=O) groups excluding carboxylic acids is 1. The van der Waals surface area contributed by atoms with E-state index in [0.717, 1.165) is 16.2 Å². The van der Waals surface area contributed by atoms with Gasteiger partial charge in [-0.3, -0.25) is 9.69 Å². The molecular weight excluding hydrogens is 350 g/mol. The molecular formula is C14H15F4N3O2S. The van der Waals surface area contributed by atoms with Crippen molar-refractivity contribution in [1.29, 1.82) is 0 Å². The van der Waals surface area contributed by atoms with Crippen LogP contribution in [0.2, 0.25) is 0 Å². The van der Waals surface area contributed by atoms with Gasteiger partial charge in [-0.15, -0.1) is 0 Å². The molecule has 132 valence electrons. The third-order valence-corrected chi connectivity index (χ3v) is 3.93. The lowest BCUT2D eigenvalue weighted by Gasteiger charge is -2.22. The Morgan fingerprint density at radius 1 is 1.38 bits per heavy atom. The van der Waals surface area contributed by atoms with Crippen LogP contribution in [-0.4, -0.2) is 53.3 Å². The Balaban J connectivity index is 2.00. The molecule has 0 aliphatic carbocycles. The maximum Gasteiger partial charge on any atom is 0.401 e. The molecule has 5 nitrogen and oxygen atoms in total. The van der Waals surface area contributed by atoms with E-state index in [1.165, 1.54) is 18.2 Å². The van der Waals surface area contributed by atoms with Crippen molar-refractivity contribution < 1.29 is 27.5 Å². The van der Waals surface area contributed by atoms with Crippen LogP contribution in [0.5, 0.6) is 0 Å². The Morgan fingerprint density at radius 2 is 2.12 bits per heavy atom. The zero-order chi connectivity index (χ0) is 17.7. The van der Waals surface area contributed by atoms with Crippen molar-refractivity contribution in [2.45, 2.75) is 12.6 Å². The number of fused-ring (bicyclic) bond motifs is 1. The average molecular weight is 365 g/mol. The highest BCUT2D eigenvalue weighted by atomic mass is 32.1. The quantitative estimate of drug-likeness (QED) is 0.741. The van der Waals surface area contributed by atoms with Gasteiger partial charge in [-0.2, -0.15) is 13.2 Å². The molecule has 0 radical (unpaired) electrons. The minimum atomic E-state index is -4.44. The summed E-state index contributed by atoms with van der Waals surface area (Å²) in [6.07, 6.45) is -4.31. The molecule has 2 rings (SSSR count). The van der Waals surface area contributed by atoms with E-state index >= 15 is 0 Å². The number of aromatic nitrogens is 1. The lowest BCUT2D eigenvalue weighted by molar-refractivity contribution is -0.148. The second-order valence-electron chi connectivity index (χ2n) is 5.08. The van der Waals surface area contributed by atoms with Gasteiger partial charge in [0.1, 0.15) is 5.82 Å². The van der Waals surface area contributed by atoms with Crippen molar-refractivity contribution in [3.05, 3.63) is 24.0 Å². The molecule has 0 unspecified atom stereocenters. The number of hydrogen-bond donors (Lipinski definition) is 2. The number of aliphatic hydroxyl groups excluding tert-OH is 1. The molecule has 1 aromatic heterocycles. The van der Waals surface area contributed by atoms with Gasteiger partial charge in [-0.05, 0) is 24.6 Å². The summed E-state index contributed by atoms with van der Waals surface area (Å²) in [6.45, 7) is -2.05. The maximum atomic E-state index is 13.1. The molecule has 1 aromatic carbocycles. The fourth-order valence-corrected chi connectivity index (χ4v) is 2.98. The summed E-state index contributed by atoms with van der Waals surface area (Å²) in [6, 6.07) is 3.95. The Bertz CT molecular complexity index is 705. The summed E-state index contributed by atoms with van der Waals surface area (Å²) < 4.78 is 51.2. The van der Waals surface area contributed by atoms with Crippen LogP contribution in [0.3, 0.4) is 0 Å². The Hall–Kier alpha value is -1.78. The molecule has 0 aliphatic heterocycles. The van der Waals surface area contributed by atoms with E-state index in [4.69, 9.17) is 5.11 Å². The first-order valence-electron chi connectivity index (χ1n) is 7.03. The maximum absolute atomic E-state index is 13.1. The Labute approximate surface area is 138 Å². The van der Waals surface area contributed by atoms with Gasteiger partial charge in [0.25, 0.3) is 0 Å². The predicted molar refractivity (Wildman–Crippen MR) is 82.4 cm³/mol. The van der Waals surface area contributed by atoms with Gasteiger partial charge in [0.15, 0.2) is 5.13 Å². The normalized spacial score (nSPS) is 12.1. The van der Waals surface area contributed by atoms with Crippen LogP contribution in [0.25, 0.3) is 10.2 Å². The molecule has 10 heteroatoms. The molecule has 0 spiro atoms. The number of alkyl halides is 3. The minimum absolute atomic E-state index is 0.0610. The number of rotatable bonds is 7. The van der Waals surface area contributed by atoms with E-state index in [9.17, 15) is 22.4 Å². The number of carbonyl (C=O) groups is 1. The molecule has 0 aliphatic rings. The largest absolute Gasteiger partial charge is 0.401 e. The predicted octanol–water partition coefficient (Wildman–Crippen LogP) is 2.62. The number of nitrogens with one attached hydrogen (secondary N) is 1. The number of nitrogens with zero attached hydrogens (tertiary/aromatic N) is 2. The smallest absolute Gasteiger partial charge is 0.396 e. The van der Waals surface area contributed by atoms with Crippen LogP contribution in [0.1, 0.15) is 6.42 Å². The summed E-state index contributed by atoms with van der Waals surface area (Å²) >= 11 is 1.03. The number of aliphatic hydroxyl groups is 1. The fourth-order valence-electron chi connectivity index (χ4n) is 2.08. The standard InChI is InChI=1S/C14H15F4N3O2S/c15-9-2-3-10-11(6-9)24-13(19-10)20-12(23)7-21(4-1-5-22)8-14(16,17)18/h2-3,6,22H,1,4-5,7-8H2,(H,19,20,23). The van der Waals surface area contributed by atoms with Crippen molar-refractivity contribution in [3.63, 3.8) is 0 Å². The van der Waals surface area contributed by atoms with Crippen molar-refractivity contribution >= 4 is 32.6 Å². The first kappa shape index (κ1) is 18.6. The first-order chi connectivity index (χ1) is 11.3. The van der Waals surface area contributed by atoms with Gasteiger partial charge in [0.05, 0.1) is 23.3 Å². The summed E-state index contributed by atoms with van der Waals surface area (Å²) in [5, 5.41) is 11.3. The molecule has 0 saturated heterocycles. The molecule has 1 heterocycles. The highest BCUT2D eigenvalue weighted by Crippen LogP contribution is 2.26. The van der Waals surface area contributed by atoms with Gasteiger partial charge in [0, 0.05) is 13.2 Å². The van der Waals surface area contributed by atoms with Crippen molar-refractivity contribution in [2.75, 3.05) is 31.6 Å². The molecule has 0 saturated carbocycles. The second kappa shape index (κ2) is 7.86. The first-order valence-corrected chi connectivity index (χ1v) is 7.84. The summed E-state index contributed by atoms with van der Waals surface area (Å²) in [7, 11) is 0. The SMILES string of the molecule is O=C(CN(CCCO)CC(F)(F)F)Nc1nc2ccc(F)cc2s1. The second-order valence-corrected chi connectivity index (χ2v) is 6.11. The summed E-state index contributed by atoms with van der Waals surface area (Å²) in [5.74, 6) is -1.10. The van der Waals surface area contributed by atoms with Gasteiger partial charge in [-0.1, -0.05) is 11.3 Å². The lowest BCUT2D eigenvalue weighted by Crippen LogP contribution is -2.40. The van der Waals surface area contributed by atoms with Crippen molar-refractivity contribution in [3.8, 4) is 0 Å². The van der Waals surface area contributed by atoms with Crippen LogP contribution < -0.4 is 5.32 Å². The van der Waals surface area contributed by atoms with Gasteiger partial charge in [-0.25, -0.2) is 9.37 Å². The third-order valence-electron chi connectivity index (χ3n) is 3.00. The van der Waals surface area contributed by atoms with Crippen molar-refractivity contribution in [2.24, 2.45) is 0 Å². The van der Waals surface area contributed by atoms with E-state index in [1.54, 1.807) is 0 Å². The molecule has 2 N–H and O–H groups in total. The summed E-state index contributed by atoms with van der Waals surface area (Å²) in [5.41, 5.74) is 0.490. The van der Waals surface area contributed by atoms with Crippen LogP contribution in [0.15, 0.2) is 18.2 Å². The molecule has 24 heavy (non-hydrogen) atoms. The number of anilines is 1. The molecule has 0 atom stereocenters. The van der Waals surface area contributed by atoms with Crippen LogP contribution in [-0.2, 0) is 4.79 Å². The average Bonchev–Trinajstić information content (AvgIpc) is 2.84. The molecule has 0 bridgehead atoms. The monoisotopic (exact) mass is 365 g/mol. The number of hydrogen-bond acceptors (Lipinski definition) is 5. The van der Waals surface area contributed by atoms with Gasteiger partial charge >= 0.3 is 6.18 Å². The number of amides is 1. The van der Waals surface area contributed by atoms with Crippen LogP contribution in [0.4, 0.5) is 22.7 Å². The van der Waals surface area contributed by atoms with E-state index in [1.807, 2.05) is 0 Å². The minimum Gasteiger partial charge on any atom is -0.396 e. The summed E-state index contributed by atoms with van der Waals surface area (Å²) in [4.78, 5) is 16.9. The molecule has 2 aromatic rings. The van der Waals surface area contributed by atoms with E-state index in [-0.39, 0.29) is 24.7 Å². The van der Waals surface area contributed by atoms with E-state index in [2.05, 4.69) is 10.3 Å². The van der Waals surface area contributed by atoms with Gasteiger partial charge < -0.3 is 10.4 Å². The number of benzene rings is 1. The topological polar surface area (TPSA) is 65.5 Å². The van der Waals surface area contributed by atoms with Gasteiger partial charge in [0.2, 0.25) is 5.91 Å². The third kappa shape index (κ3) is 5.69. The lowest BCUT2D eigenvalue weighted by atomic mass is 10.3. The Kier molecular flexibility index (Phi) is 6.08. The van der Waals surface area contributed by atoms with E-state index in [0.29, 0.717) is 10.2 Å². The molecule has 0 fully saturated rings. The fraction of sp³-hybridized carbons (Fsp3) is 0.429. The number of halogens is 4. The number of thiazole rings is 1. The highest BCUT2D eigenvalue weighted by molar-refractivity contribution is 7.22. The highest BCUT2D eigenvalue weighted by Gasteiger charge is 2.31. The Morgan fingerprint density at radius 3 is 2.79 bits per heavy atom. The van der Waals surface area contributed by atoms with Crippen LogP contribution in [0, 0.1) is 5.82 Å². The van der Waals surface area contributed by atoms with Crippen LogP contribution >= 0.6 is 11.3 Å². The zero-order valence-corrected chi connectivity index (χ0v) is 13.3. The van der Waals surface area contributed by atoms with E-state index < -0.39 is 31.0 Å². The zero-order valence-electron chi connectivity index (χ0n) is 12.4. The van der Waals surface area contributed by atoms with Crippen molar-refractivity contribution in [1.82, 2.24) is 9.88 Å².